The van der Waals surface area contributed by atoms with E-state index in [2.05, 4.69) is 5.10 Å². The molecule has 1 aromatic carbocycles. The Balaban J connectivity index is 2.19. The zero-order chi connectivity index (χ0) is 14.0. The molecule has 0 atom stereocenters. The predicted molar refractivity (Wildman–Crippen MR) is 77.8 cm³/mol. The van der Waals surface area contributed by atoms with Crippen LogP contribution in [0.1, 0.15) is 18.3 Å². The molecule has 2 N–H and O–H groups in total. The maximum Gasteiger partial charge on any atom is 0.157 e. The second-order valence-corrected chi connectivity index (χ2v) is 5.01. The van der Waals surface area contributed by atoms with Crippen LogP contribution in [0.4, 0.5) is 5.69 Å². The highest BCUT2D eigenvalue weighted by atomic mass is 35.5. The molecule has 0 saturated heterocycles. The van der Waals surface area contributed by atoms with E-state index in [1.54, 1.807) is 12.1 Å². The predicted octanol–water partition coefficient (Wildman–Crippen LogP) is 3.68. The van der Waals surface area contributed by atoms with Gasteiger partial charge in [0.25, 0.3) is 0 Å². The van der Waals surface area contributed by atoms with E-state index in [9.17, 15) is 0 Å². The number of benzene rings is 1. The van der Waals surface area contributed by atoms with E-state index in [1.807, 2.05) is 24.6 Å². The first kappa shape index (κ1) is 14.0. The third-order valence-corrected chi connectivity index (χ3v) is 3.23. The lowest BCUT2D eigenvalue weighted by molar-refractivity contribution is 0.293. The second kappa shape index (κ2) is 5.72. The highest BCUT2D eigenvalue weighted by Gasteiger charge is 2.11. The number of anilines is 1. The molecule has 0 bridgehead atoms. The van der Waals surface area contributed by atoms with Crippen LogP contribution in [0.2, 0.25) is 10.0 Å². The summed E-state index contributed by atoms with van der Waals surface area (Å²) < 4.78 is 7.57. The zero-order valence-corrected chi connectivity index (χ0v) is 12.3. The minimum absolute atomic E-state index is 0.359. The number of rotatable bonds is 4. The molecule has 2 rings (SSSR count). The summed E-state index contributed by atoms with van der Waals surface area (Å²) in [6.07, 6.45) is 0. The topological polar surface area (TPSA) is 53.1 Å². The van der Waals surface area contributed by atoms with Gasteiger partial charge in [-0.25, -0.2) is 0 Å². The maximum absolute atomic E-state index is 6.07. The molecule has 0 aliphatic rings. The number of hydrogen-bond donors (Lipinski definition) is 1. The smallest absolute Gasteiger partial charge is 0.157 e. The summed E-state index contributed by atoms with van der Waals surface area (Å²) in [5, 5.41) is 5.16. The van der Waals surface area contributed by atoms with Gasteiger partial charge in [-0.15, -0.1) is 0 Å². The first-order valence-corrected chi connectivity index (χ1v) is 6.67. The third kappa shape index (κ3) is 3.14. The Hall–Kier alpha value is -1.39. The summed E-state index contributed by atoms with van der Waals surface area (Å²) in [5.41, 5.74) is 8.09. The number of hydrogen-bond acceptors (Lipinski definition) is 3. The van der Waals surface area contributed by atoms with Crippen molar-refractivity contribution < 1.29 is 4.74 Å². The van der Waals surface area contributed by atoms with Crippen molar-refractivity contribution in [2.75, 3.05) is 5.73 Å². The molecule has 0 radical (unpaired) electrons. The summed E-state index contributed by atoms with van der Waals surface area (Å²) in [5.74, 6) is 0.444. The highest BCUT2D eigenvalue weighted by Crippen LogP contribution is 2.35. The Bertz CT molecular complexity index is 573. The van der Waals surface area contributed by atoms with Gasteiger partial charge >= 0.3 is 0 Å². The number of ether oxygens (including phenoxy) is 1. The standard InChI is InChI=1S/C13H15Cl2N3O/c1-3-18-10(4-8(2)17-18)7-19-13-11(14)5-9(16)6-12(13)15/h4-6H,3,7,16H2,1-2H3. The first-order valence-electron chi connectivity index (χ1n) is 5.92. The Labute approximate surface area is 122 Å². The van der Waals surface area contributed by atoms with Crippen molar-refractivity contribution in [2.45, 2.75) is 27.0 Å². The summed E-state index contributed by atoms with van der Waals surface area (Å²) in [6.45, 7) is 5.12. The van der Waals surface area contributed by atoms with Crippen LogP contribution in [0.5, 0.6) is 5.75 Å². The van der Waals surface area contributed by atoms with Gasteiger partial charge in [0.05, 0.1) is 21.4 Å². The normalized spacial score (nSPS) is 10.7. The molecule has 1 heterocycles. The SMILES string of the molecule is CCn1nc(C)cc1COc1c(Cl)cc(N)cc1Cl. The number of nitrogen functional groups attached to an aromatic ring is 1. The zero-order valence-electron chi connectivity index (χ0n) is 10.8. The number of halogens is 2. The Morgan fingerprint density at radius 1 is 1.26 bits per heavy atom. The van der Waals surface area contributed by atoms with Crippen molar-refractivity contribution >= 4 is 28.9 Å². The lowest BCUT2D eigenvalue weighted by Crippen LogP contribution is -2.06. The lowest BCUT2D eigenvalue weighted by Gasteiger charge is -2.11. The fourth-order valence-corrected chi connectivity index (χ4v) is 2.47. The van der Waals surface area contributed by atoms with E-state index in [0.717, 1.165) is 17.9 Å². The van der Waals surface area contributed by atoms with Crippen LogP contribution in [-0.4, -0.2) is 9.78 Å². The Morgan fingerprint density at radius 3 is 2.47 bits per heavy atom. The molecule has 0 saturated carbocycles. The molecular weight excluding hydrogens is 285 g/mol. The molecule has 2 aromatic rings. The molecule has 0 aliphatic carbocycles. The van der Waals surface area contributed by atoms with Crippen LogP contribution in [0.15, 0.2) is 18.2 Å². The van der Waals surface area contributed by atoms with Crippen molar-refractivity contribution in [1.82, 2.24) is 9.78 Å². The van der Waals surface area contributed by atoms with Crippen molar-refractivity contribution in [3.63, 3.8) is 0 Å². The minimum Gasteiger partial charge on any atom is -0.484 e. The Kier molecular flexibility index (Phi) is 4.22. The second-order valence-electron chi connectivity index (χ2n) is 4.20. The van der Waals surface area contributed by atoms with Crippen molar-refractivity contribution in [3.8, 4) is 5.75 Å². The van der Waals surface area contributed by atoms with E-state index >= 15 is 0 Å². The minimum atomic E-state index is 0.359. The van der Waals surface area contributed by atoms with E-state index in [-0.39, 0.29) is 0 Å². The van der Waals surface area contributed by atoms with Gasteiger partial charge in [-0.1, -0.05) is 23.2 Å². The number of nitrogens with zero attached hydrogens (tertiary/aromatic N) is 2. The molecule has 1 aromatic heterocycles. The van der Waals surface area contributed by atoms with E-state index < -0.39 is 0 Å². The summed E-state index contributed by atoms with van der Waals surface area (Å²) >= 11 is 12.1. The van der Waals surface area contributed by atoms with Crippen LogP contribution >= 0.6 is 23.2 Å². The first-order chi connectivity index (χ1) is 9.01. The quantitative estimate of drug-likeness (QED) is 0.876. The molecule has 0 spiro atoms. The molecular formula is C13H15Cl2N3O. The van der Waals surface area contributed by atoms with Gasteiger partial charge in [0.1, 0.15) is 6.61 Å². The average molecular weight is 300 g/mol. The molecule has 0 amide bonds. The molecule has 0 fully saturated rings. The molecule has 0 aliphatic heterocycles. The lowest BCUT2D eigenvalue weighted by atomic mass is 10.3. The van der Waals surface area contributed by atoms with Crippen LogP contribution in [0.25, 0.3) is 0 Å². The Morgan fingerprint density at radius 2 is 1.89 bits per heavy atom. The summed E-state index contributed by atoms with van der Waals surface area (Å²) in [4.78, 5) is 0. The van der Waals surface area contributed by atoms with Crippen LogP contribution in [0.3, 0.4) is 0 Å². The van der Waals surface area contributed by atoms with Gasteiger partial charge < -0.3 is 10.5 Å². The van der Waals surface area contributed by atoms with Crippen molar-refractivity contribution in [2.24, 2.45) is 0 Å². The highest BCUT2D eigenvalue weighted by molar-refractivity contribution is 6.37. The fraction of sp³-hybridized carbons (Fsp3) is 0.308. The van der Waals surface area contributed by atoms with Gasteiger partial charge in [0, 0.05) is 12.2 Å². The molecule has 6 heteroatoms. The summed E-state index contributed by atoms with van der Waals surface area (Å²) in [7, 11) is 0. The van der Waals surface area contributed by atoms with Gasteiger partial charge in [0.15, 0.2) is 5.75 Å². The number of nitrogens with two attached hydrogens (primary N) is 1. The molecule has 0 unspecified atom stereocenters. The largest absolute Gasteiger partial charge is 0.484 e. The monoisotopic (exact) mass is 299 g/mol. The van der Waals surface area contributed by atoms with Gasteiger partial charge in [-0.3, -0.25) is 4.68 Å². The van der Waals surface area contributed by atoms with E-state index in [1.165, 1.54) is 0 Å². The van der Waals surface area contributed by atoms with Gasteiger partial charge in [0.2, 0.25) is 0 Å². The van der Waals surface area contributed by atoms with Crippen molar-refractivity contribution in [3.05, 3.63) is 39.6 Å². The number of aryl methyl sites for hydroxylation is 2. The fourth-order valence-electron chi connectivity index (χ4n) is 1.85. The van der Waals surface area contributed by atoms with Crippen LogP contribution in [0, 0.1) is 6.92 Å². The van der Waals surface area contributed by atoms with Crippen LogP contribution < -0.4 is 10.5 Å². The molecule has 102 valence electrons. The number of aromatic nitrogens is 2. The molecule has 4 nitrogen and oxygen atoms in total. The van der Waals surface area contributed by atoms with E-state index in [0.29, 0.717) is 28.1 Å². The van der Waals surface area contributed by atoms with E-state index in [4.69, 9.17) is 33.7 Å². The van der Waals surface area contributed by atoms with Crippen LogP contribution in [-0.2, 0) is 13.2 Å². The maximum atomic E-state index is 6.07. The van der Waals surface area contributed by atoms with Gasteiger partial charge in [-0.05, 0) is 32.0 Å². The average Bonchev–Trinajstić information content (AvgIpc) is 2.68. The van der Waals surface area contributed by atoms with Gasteiger partial charge in [-0.2, -0.15) is 5.10 Å². The third-order valence-electron chi connectivity index (χ3n) is 2.67. The van der Waals surface area contributed by atoms with Crippen molar-refractivity contribution in [1.29, 1.82) is 0 Å². The summed E-state index contributed by atoms with van der Waals surface area (Å²) in [6, 6.07) is 5.21. The molecule has 19 heavy (non-hydrogen) atoms.